The first kappa shape index (κ1) is 7.93. The summed E-state index contributed by atoms with van der Waals surface area (Å²) in [4.78, 5) is 0. The maximum absolute atomic E-state index is 3.49. The summed E-state index contributed by atoms with van der Waals surface area (Å²) < 4.78 is 0. The van der Waals surface area contributed by atoms with Gasteiger partial charge >= 0.3 is 0 Å². The number of thioether (sulfide) groups is 1. The zero-order valence-electron chi connectivity index (χ0n) is 7.18. The zero-order chi connectivity index (χ0) is 7.68. The van der Waals surface area contributed by atoms with E-state index in [0.29, 0.717) is 0 Å². The second-order valence-corrected chi connectivity index (χ2v) is 4.93. The first-order valence-corrected chi connectivity index (χ1v) is 5.82. The quantitative estimate of drug-likeness (QED) is 0.694. The largest absolute Gasteiger partial charge is 0.316 e. The van der Waals surface area contributed by atoms with Crippen molar-refractivity contribution in [3.05, 3.63) is 0 Å². The lowest BCUT2D eigenvalue weighted by molar-refractivity contribution is 0.368. The normalized spacial score (nSPS) is 34.1. The molecule has 1 heterocycles. The molecule has 2 fully saturated rings. The first-order valence-electron chi connectivity index (χ1n) is 4.67. The summed E-state index contributed by atoms with van der Waals surface area (Å²) in [7, 11) is 2.13. The van der Waals surface area contributed by atoms with E-state index in [1.807, 2.05) is 0 Å². The topological polar surface area (TPSA) is 12.0 Å². The van der Waals surface area contributed by atoms with Gasteiger partial charge in [-0.15, -0.1) is 0 Å². The van der Waals surface area contributed by atoms with Crippen molar-refractivity contribution in [1.29, 1.82) is 0 Å². The minimum absolute atomic E-state index is 0.852. The summed E-state index contributed by atoms with van der Waals surface area (Å²) >= 11 is 2.13. The van der Waals surface area contributed by atoms with Crippen molar-refractivity contribution in [2.45, 2.75) is 25.3 Å². The zero-order valence-corrected chi connectivity index (χ0v) is 7.99. The van der Waals surface area contributed by atoms with Gasteiger partial charge in [-0.25, -0.2) is 0 Å². The maximum atomic E-state index is 3.49. The van der Waals surface area contributed by atoms with Gasteiger partial charge in [-0.3, -0.25) is 0 Å². The summed E-state index contributed by atoms with van der Waals surface area (Å²) in [6.07, 6.45) is 4.41. The van der Waals surface area contributed by atoms with Crippen LogP contribution in [-0.4, -0.2) is 24.6 Å². The molecule has 11 heavy (non-hydrogen) atoms. The molecule has 0 aromatic carbocycles. The van der Waals surface area contributed by atoms with Gasteiger partial charge in [0.15, 0.2) is 0 Å². The van der Waals surface area contributed by atoms with Gasteiger partial charge in [0.25, 0.3) is 0 Å². The van der Waals surface area contributed by atoms with Gasteiger partial charge < -0.3 is 5.32 Å². The second kappa shape index (κ2) is 3.36. The van der Waals surface area contributed by atoms with Crippen LogP contribution >= 0.6 is 11.8 Å². The lowest BCUT2D eigenvalue weighted by atomic mass is 9.95. The molecule has 0 aromatic rings. The number of rotatable bonds is 3. The van der Waals surface area contributed by atoms with Crippen LogP contribution in [0.1, 0.15) is 19.3 Å². The van der Waals surface area contributed by atoms with Gasteiger partial charge in [-0.2, -0.15) is 11.8 Å². The van der Waals surface area contributed by atoms with Crippen LogP contribution in [0.3, 0.4) is 0 Å². The van der Waals surface area contributed by atoms with Crippen molar-refractivity contribution in [2.75, 3.05) is 18.6 Å². The van der Waals surface area contributed by atoms with E-state index in [4.69, 9.17) is 0 Å². The fraction of sp³-hybridized carbons (Fsp3) is 1.00. The van der Waals surface area contributed by atoms with E-state index in [2.05, 4.69) is 24.1 Å². The smallest absolute Gasteiger partial charge is 0.0129 e. The highest BCUT2D eigenvalue weighted by molar-refractivity contribution is 7.99. The van der Waals surface area contributed by atoms with E-state index < -0.39 is 0 Å². The van der Waals surface area contributed by atoms with Crippen LogP contribution in [0, 0.1) is 11.8 Å². The van der Waals surface area contributed by atoms with Crippen molar-refractivity contribution in [1.82, 2.24) is 5.32 Å². The third-order valence-electron chi connectivity index (χ3n) is 2.94. The molecule has 1 N–H and O–H groups in total. The Kier molecular flexibility index (Phi) is 2.42. The molecule has 2 unspecified atom stereocenters. The van der Waals surface area contributed by atoms with Gasteiger partial charge in [0.1, 0.15) is 0 Å². The van der Waals surface area contributed by atoms with Crippen LogP contribution in [0.15, 0.2) is 0 Å². The van der Waals surface area contributed by atoms with Crippen molar-refractivity contribution < 1.29 is 0 Å². The van der Waals surface area contributed by atoms with Gasteiger partial charge in [0.2, 0.25) is 0 Å². The molecule has 2 heteroatoms. The highest BCUT2D eigenvalue weighted by atomic mass is 32.2. The van der Waals surface area contributed by atoms with E-state index >= 15 is 0 Å². The monoisotopic (exact) mass is 171 g/mol. The fourth-order valence-electron chi connectivity index (χ4n) is 2.15. The minimum Gasteiger partial charge on any atom is -0.316 e. The van der Waals surface area contributed by atoms with E-state index in [1.165, 1.54) is 30.8 Å². The molecule has 1 nitrogen and oxygen atoms in total. The molecule has 0 bridgehead atoms. The molecule has 2 rings (SSSR count). The van der Waals surface area contributed by atoms with E-state index in [0.717, 1.165) is 17.9 Å². The first-order chi connectivity index (χ1) is 5.42. The molecule has 1 saturated heterocycles. The van der Waals surface area contributed by atoms with E-state index in [9.17, 15) is 0 Å². The Morgan fingerprint density at radius 1 is 1.27 bits per heavy atom. The average Bonchev–Trinajstić information content (AvgIpc) is 2.68. The van der Waals surface area contributed by atoms with Crippen LogP contribution in [0.2, 0.25) is 0 Å². The Hall–Kier alpha value is 0.310. The van der Waals surface area contributed by atoms with E-state index in [1.54, 1.807) is 0 Å². The molecule has 1 aliphatic carbocycles. The molecule has 64 valence electrons. The lowest BCUT2D eigenvalue weighted by Gasteiger charge is -2.21. The van der Waals surface area contributed by atoms with Crippen LogP contribution in [0.25, 0.3) is 0 Å². The number of hydrogen-bond acceptors (Lipinski definition) is 2. The van der Waals surface area contributed by atoms with Crippen LogP contribution < -0.4 is 5.32 Å². The summed E-state index contributed by atoms with van der Waals surface area (Å²) in [6, 6.07) is 0.852. The van der Waals surface area contributed by atoms with Crippen molar-refractivity contribution in [2.24, 2.45) is 11.8 Å². The number of nitrogens with one attached hydrogen (secondary N) is 1. The molecular weight excluding hydrogens is 154 g/mol. The van der Waals surface area contributed by atoms with Gasteiger partial charge in [0.05, 0.1) is 0 Å². The summed E-state index contributed by atoms with van der Waals surface area (Å²) in [5, 5.41) is 3.49. The molecule has 0 spiro atoms. The van der Waals surface area contributed by atoms with Crippen LogP contribution in [0.4, 0.5) is 0 Å². The van der Waals surface area contributed by atoms with Crippen LogP contribution in [0.5, 0.6) is 0 Å². The van der Waals surface area contributed by atoms with Gasteiger partial charge in [-0.05, 0) is 49.7 Å². The Labute approximate surface area is 73.3 Å². The molecule has 2 aliphatic rings. The van der Waals surface area contributed by atoms with Crippen molar-refractivity contribution in [3.63, 3.8) is 0 Å². The van der Waals surface area contributed by atoms with Gasteiger partial charge in [0, 0.05) is 6.04 Å². The third-order valence-corrected chi connectivity index (χ3v) is 4.12. The molecular formula is C9H17NS. The second-order valence-electron chi connectivity index (χ2n) is 3.78. The Morgan fingerprint density at radius 2 is 2.09 bits per heavy atom. The Balaban J connectivity index is 1.87. The Morgan fingerprint density at radius 3 is 2.55 bits per heavy atom. The molecule has 2 atom stereocenters. The van der Waals surface area contributed by atoms with Crippen molar-refractivity contribution in [3.8, 4) is 0 Å². The third kappa shape index (κ3) is 1.73. The Bertz CT molecular complexity index is 128. The highest BCUT2D eigenvalue weighted by Gasteiger charge is 2.36. The predicted molar refractivity (Wildman–Crippen MR) is 51.0 cm³/mol. The van der Waals surface area contributed by atoms with Crippen molar-refractivity contribution >= 4 is 11.8 Å². The maximum Gasteiger partial charge on any atom is 0.0129 e. The number of hydrogen-bond donors (Lipinski definition) is 1. The minimum atomic E-state index is 0.852. The molecule has 0 aromatic heterocycles. The SMILES string of the molecule is CNC(C1CC1)C1CCSC1. The summed E-state index contributed by atoms with van der Waals surface area (Å²) in [6.45, 7) is 0. The molecule has 1 saturated carbocycles. The molecule has 0 amide bonds. The van der Waals surface area contributed by atoms with Gasteiger partial charge in [-0.1, -0.05) is 0 Å². The lowest BCUT2D eigenvalue weighted by Crippen LogP contribution is -2.35. The molecule has 0 radical (unpaired) electrons. The summed E-state index contributed by atoms with van der Waals surface area (Å²) in [5.74, 6) is 4.82. The molecule has 1 aliphatic heterocycles. The highest BCUT2D eigenvalue weighted by Crippen LogP contribution is 2.39. The standard InChI is InChI=1S/C9H17NS/c1-10-9(7-2-3-7)8-4-5-11-6-8/h7-10H,2-6H2,1H3. The average molecular weight is 171 g/mol. The predicted octanol–water partition coefficient (Wildman–Crippen LogP) is 1.74. The van der Waals surface area contributed by atoms with Crippen LogP contribution in [-0.2, 0) is 0 Å². The summed E-state index contributed by atoms with van der Waals surface area (Å²) in [5.41, 5.74) is 0. The van der Waals surface area contributed by atoms with E-state index in [-0.39, 0.29) is 0 Å². The fourth-order valence-corrected chi connectivity index (χ4v) is 3.46.